The van der Waals surface area contributed by atoms with Gasteiger partial charge in [-0.3, -0.25) is 0 Å². The van der Waals surface area contributed by atoms with Crippen LogP contribution in [0.5, 0.6) is 28.7 Å². The average molecular weight is 432 g/mol. The van der Waals surface area contributed by atoms with Crippen LogP contribution in [-0.4, -0.2) is 47.6 Å². The molecule has 156 valence electrons. The first kappa shape index (κ1) is 24.0. The van der Waals surface area contributed by atoms with Crippen molar-refractivity contribution in [3.8, 4) is 28.7 Å². The van der Waals surface area contributed by atoms with Gasteiger partial charge in [0.25, 0.3) is 0 Å². The lowest BCUT2D eigenvalue weighted by Gasteiger charge is -2.14. The van der Waals surface area contributed by atoms with Crippen molar-refractivity contribution in [2.45, 2.75) is 6.42 Å². The van der Waals surface area contributed by atoms with Crippen LogP contribution in [0.2, 0.25) is 5.02 Å². The monoisotopic (exact) mass is 431 g/mol. The van der Waals surface area contributed by atoms with Crippen LogP contribution >= 0.6 is 24.0 Å². The summed E-state index contributed by atoms with van der Waals surface area (Å²) in [5.41, 5.74) is 0. The van der Waals surface area contributed by atoms with E-state index in [4.69, 9.17) is 35.3 Å². The van der Waals surface area contributed by atoms with E-state index in [2.05, 4.69) is 5.32 Å². The SMILES string of the molecule is COc1cc(OCCNCCCOc2ccc(Cl)cc2)cc(OC)c1OC.Cl. The maximum atomic E-state index is 5.84. The first-order chi connectivity index (χ1) is 13.2. The van der Waals surface area contributed by atoms with E-state index in [1.54, 1.807) is 33.5 Å². The lowest BCUT2D eigenvalue weighted by molar-refractivity contribution is 0.288. The predicted molar refractivity (Wildman–Crippen MR) is 113 cm³/mol. The van der Waals surface area contributed by atoms with Gasteiger partial charge in [-0.1, -0.05) is 11.6 Å². The molecule has 0 bridgehead atoms. The lowest BCUT2D eigenvalue weighted by atomic mass is 10.2. The number of methoxy groups -OCH3 is 3. The van der Waals surface area contributed by atoms with Crippen molar-refractivity contribution in [2.24, 2.45) is 0 Å². The first-order valence-corrected chi connectivity index (χ1v) is 9.07. The number of hydrogen-bond acceptors (Lipinski definition) is 6. The fourth-order valence-electron chi connectivity index (χ4n) is 2.42. The molecule has 0 radical (unpaired) electrons. The lowest BCUT2D eigenvalue weighted by Crippen LogP contribution is -2.23. The standard InChI is InChI=1S/C20H26ClNO5.ClH/c1-23-18-13-17(14-19(24-2)20(18)25-3)27-12-10-22-9-4-11-26-16-7-5-15(21)6-8-16;/h5-8,13-14,22H,4,9-12H2,1-3H3;1H. The highest BCUT2D eigenvalue weighted by atomic mass is 35.5. The fraction of sp³-hybridized carbons (Fsp3) is 0.400. The molecule has 0 fully saturated rings. The zero-order valence-corrected chi connectivity index (χ0v) is 17.9. The topological polar surface area (TPSA) is 58.2 Å². The van der Waals surface area contributed by atoms with Crippen LogP contribution in [0.1, 0.15) is 6.42 Å². The van der Waals surface area contributed by atoms with E-state index in [-0.39, 0.29) is 12.4 Å². The molecule has 0 atom stereocenters. The molecule has 8 heteroatoms. The van der Waals surface area contributed by atoms with Gasteiger partial charge < -0.3 is 29.0 Å². The molecule has 2 aromatic carbocycles. The number of ether oxygens (including phenoxy) is 5. The van der Waals surface area contributed by atoms with Crippen molar-refractivity contribution in [1.29, 1.82) is 0 Å². The highest BCUT2D eigenvalue weighted by Crippen LogP contribution is 2.40. The number of rotatable bonds is 12. The number of benzene rings is 2. The molecule has 0 saturated heterocycles. The Balaban J connectivity index is 0.00000392. The minimum absolute atomic E-state index is 0. The molecule has 0 aromatic heterocycles. The average Bonchev–Trinajstić information content (AvgIpc) is 2.70. The van der Waals surface area contributed by atoms with Crippen LogP contribution in [0, 0.1) is 0 Å². The van der Waals surface area contributed by atoms with Gasteiger partial charge in [-0.05, 0) is 37.2 Å². The second kappa shape index (κ2) is 13.2. The van der Waals surface area contributed by atoms with Crippen molar-refractivity contribution < 1.29 is 23.7 Å². The van der Waals surface area contributed by atoms with E-state index in [0.717, 1.165) is 25.3 Å². The summed E-state index contributed by atoms with van der Waals surface area (Å²) in [6.07, 6.45) is 0.896. The summed E-state index contributed by atoms with van der Waals surface area (Å²) in [6, 6.07) is 10.9. The normalized spacial score (nSPS) is 10.0. The second-order valence-electron chi connectivity index (χ2n) is 5.62. The van der Waals surface area contributed by atoms with E-state index in [1.807, 2.05) is 24.3 Å². The molecule has 0 aliphatic carbocycles. The van der Waals surface area contributed by atoms with E-state index in [1.165, 1.54) is 0 Å². The third-order valence-electron chi connectivity index (χ3n) is 3.77. The molecule has 0 saturated carbocycles. The molecule has 0 amide bonds. The van der Waals surface area contributed by atoms with Crippen LogP contribution in [0.25, 0.3) is 0 Å². The molecule has 1 N–H and O–H groups in total. The van der Waals surface area contributed by atoms with Gasteiger partial charge >= 0.3 is 0 Å². The Morgan fingerprint density at radius 1 is 0.786 bits per heavy atom. The number of nitrogens with one attached hydrogen (secondary N) is 1. The summed E-state index contributed by atoms with van der Waals surface area (Å²) < 4.78 is 27.3. The number of halogens is 2. The third kappa shape index (κ3) is 7.54. The van der Waals surface area contributed by atoms with E-state index >= 15 is 0 Å². The molecule has 2 rings (SSSR count). The van der Waals surface area contributed by atoms with Crippen molar-refractivity contribution >= 4 is 24.0 Å². The number of hydrogen-bond donors (Lipinski definition) is 1. The molecule has 0 heterocycles. The minimum Gasteiger partial charge on any atom is -0.494 e. The van der Waals surface area contributed by atoms with Gasteiger partial charge in [0.05, 0.1) is 27.9 Å². The molecule has 0 unspecified atom stereocenters. The summed E-state index contributed by atoms with van der Waals surface area (Å²) in [5.74, 6) is 3.17. The zero-order chi connectivity index (χ0) is 19.5. The second-order valence-corrected chi connectivity index (χ2v) is 6.05. The Bertz CT molecular complexity index is 672. The van der Waals surface area contributed by atoms with Gasteiger partial charge in [0.1, 0.15) is 18.1 Å². The van der Waals surface area contributed by atoms with Crippen molar-refractivity contribution in [3.63, 3.8) is 0 Å². The first-order valence-electron chi connectivity index (χ1n) is 8.69. The Kier molecular flexibility index (Phi) is 11.3. The van der Waals surface area contributed by atoms with Crippen molar-refractivity contribution in [2.75, 3.05) is 47.6 Å². The van der Waals surface area contributed by atoms with Crippen LogP contribution in [0.4, 0.5) is 0 Å². The van der Waals surface area contributed by atoms with Crippen LogP contribution < -0.4 is 29.0 Å². The predicted octanol–water partition coefficient (Wildman–Crippen LogP) is 4.23. The molecule has 0 aliphatic rings. The van der Waals surface area contributed by atoms with Crippen LogP contribution in [0.3, 0.4) is 0 Å². The van der Waals surface area contributed by atoms with Gasteiger partial charge in [0.15, 0.2) is 11.5 Å². The van der Waals surface area contributed by atoms with Gasteiger partial charge in [0.2, 0.25) is 5.75 Å². The largest absolute Gasteiger partial charge is 0.494 e. The molecule has 0 aliphatic heterocycles. The third-order valence-corrected chi connectivity index (χ3v) is 4.02. The Morgan fingerprint density at radius 2 is 1.39 bits per heavy atom. The smallest absolute Gasteiger partial charge is 0.203 e. The summed E-state index contributed by atoms with van der Waals surface area (Å²) in [6.45, 7) is 2.73. The molecule has 28 heavy (non-hydrogen) atoms. The highest BCUT2D eigenvalue weighted by molar-refractivity contribution is 6.30. The van der Waals surface area contributed by atoms with Gasteiger partial charge in [-0.2, -0.15) is 0 Å². The summed E-state index contributed by atoms with van der Waals surface area (Å²) in [4.78, 5) is 0. The van der Waals surface area contributed by atoms with E-state index in [9.17, 15) is 0 Å². The maximum Gasteiger partial charge on any atom is 0.203 e. The van der Waals surface area contributed by atoms with E-state index in [0.29, 0.717) is 41.2 Å². The molecule has 0 spiro atoms. The molecular formula is C20H27Cl2NO5. The molecule has 2 aromatic rings. The van der Waals surface area contributed by atoms with Crippen molar-refractivity contribution in [3.05, 3.63) is 41.4 Å². The summed E-state index contributed by atoms with van der Waals surface area (Å²) >= 11 is 5.84. The molecule has 6 nitrogen and oxygen atoms in total. The molecular weight excluding hydrogens is 405 g/mol. The van der Waals surface area contributed by atoms with Crippen molar-refractivity contribution in [1.82, 2.24) is 5.32 Å². The highest BCUT2D eigenvalue weighted by Gasteiger charge is 2.13. The van der Waals surface area contributed by atoms with Crippen LogP contribution in [-0.2, 0) is 0 Å². The summed E-state index contributed by atoms with van der Waals surface area (Å²) in [7, 11) is 4.73. The zero-order valence-electron chi connectivity index (χ0n) is 16.3. The Morgan fingerprint density at radius 3 is 1.96 bits per heavy atom. The fourth-order valence-corrected chi connectivity index (χ4v) is 2.55. The van der Waals surface area contributed by atoms with Gasteiger partial charge in [0, 0.05) is 23.7 Å². The minimum atomic E-state index is 0. The van der Waals surface area contributed by atoms with Crippen LogP contribution in [0.15, 0.2) is 36.4 Å². The maximum absolute atomic E-state index is 5.84. The Hall–Kier alpha value is -2.02. The van der Waals surface area contributed by atoms with Gasteiger partial charge in [-0.25, -0.2) is 0 Å². The Labute approximate surface area is 177 Å². The quantitative estimate of drug-likeness (QED) is 0.507. The van der Waals surface area contributed by atoms with E-state index < -0.39 is 0 Å². The van der Waals surface area contributed by atoms with Gasteiger partial charge in [-0.15, -0.1) is 12.4 Å². The summed E-state index contributed by atoms with van der Waals surface area (Å²) in [5, 5.41) is 4.02.